The molecule has 112 valence electrons. The van der Waals surface area contributed by atoms with Crippen molar-refractivity contribution in [1.29, 1.82) is 0 Å². The van der Waals surface area contributed by atoms with Crippen LogP contribution < -0.4 is 5.73 Å². The lowest BCUT2D eigenvalue weighted by Crippen LogP contribution is -2.34. The van der Waals surface area contributed by atoms with Gasteiger partial charge in [-0.15, -0.1) is 0 Å². The number of hydrogen-bond acceptors (Lipinski definition) is 3. The van der Waals surface area contributed by atoms with E-state index in [-0.39, 0.29) is 0 Å². The molecule has 2 N–H and O–H groups in total. The van der Waals surface area contributed by atoms with Crippen LogP contribution >= 0.6 is 0 Å². The fourth-order valence-electron chi connectivity index (χ4n) is 2.45. The summed E-state index contributed by atoms with van der Waals surface area (Å²) in [5.41, 5.74) is 6.61. The minimum Gasteiger partial charge on any atom is -0.330 e. The minimum absolute atomic E-state index is 0.385. The second kappa shape index (κ2) is 6.70. The van der Waals surface area contributed by atoms with Gasteiger partial charge in [0.05, 0.1) is 4.90 Å². The summed E-state index contributed by atoms with van der Waals surface area (Å²) in [6.07, 6.45) is 5.35. The van der Waals surface area contributed by atoms with E-state index in [0.29, 0.717) is 23.9 Å². The first kappa shape index (κ1) is 15.5. The van der Waals surface area contributed by atoms with Gasteiger partial charge < -0.3 is 5.73 Å². The SMILES string of the molecule is CN(CC1CCC1)S(=O)(=O)c1ccc(CCCN)cc1. The third kappa shape index (κ3) is 3.59. The van der Waals surface area contributed by atoms with Gasteiger partial charge in [0.1, 0.15) is 0 Å². The standard InChI is InChI=1S/C15H24N2O2S/c1-17(12-14-4-2-5-14)20(18,19)15-9-7-13(8-10-15)6-3-11-16/h7-10,14H,2-6,11-12,16H2,1H3. The van der Waals surface area contributed by atoms with Crippen LogP contribution in [0.4, 0.5) is 0 Å². The van der Waals surface area contributed by atoms with Crippen LogP contribution in [-0.2, 0) is 16.4 Å². The average Bonchev–Trinajstić information content (AvgIpc) is 2.40. The Morgan fingerprint density at radius 3 is 2.40 bits per heavy atom. The van der Waals surface area contributed by atoms with Crippen molar-refractivity contribution >= 4 is 10.0 Å². The van der Waals surface area contributed by atoms with Crippen molar-refractivity contribution < 1.29 is 8.42 Å². The zero-order valence-electron chi connectivity index (χ0n) is 12.1. The van der Waals surface area contributed by atoms with E-state index in [0.717, 1.165) is 31.2 Å². The first-order valence-electron chi connectivity index (χ1n) is 7.29. The molecule has 0 spiro atoms. The number of aryl methyl sites for hydroxylation is 1. The van der Waals surface area contributed by atoms with Crippen molar-refractivity contribution in [2.45, 2.75) is 37.0 Å². The van der Waals surface area contributed by atoms with E-state index < -0.39 is 10.0 Å². The molecular formula is C15H24N2O2S. The summed E-state index contributed by atoms with van der Waals surface area (Å²) in [5, 5.41) is 0. The summed E-state index contributed by atoms with van der Waals surface area (Å²) in [4.78, 5) is 0.385. The van der Waals surface area contributed by atoms with Gasteiger partial charge in [0, 0.05) is 13.6 Å². The summed E-state index contributed by atoms with van der Waals surface area (Å²) in [6.45, 7) is 1.29. The fraction of sp³-hybridized carbons (Fsp3) is 0.600. The average molecular weight is 296 g/mol. The number of hydrogen-bond donors (Lipinski definition) is 1. The van der Waals surface area contributed by atoms with Crippen molar-refractivity contribution in [3.63, 3.8) is 0 Å². The second-order valence-electron chi connectivity index (χ2n) is 5.62. The Morgan fingerprint density at radius 2 is 1.90 bits per heavy atom. The van der Waals surface area contributed by atoms with Crippen LogP contribution in [0, 0.1) is 5.92 Å². The maximum Gasteiger partial charge on any atom is 0.242 e. The van der Waals surface area contributed by atoms with Gasteiger partial charge in [0.15, 0.2) is 0 Å². The highest BCUT2D eigenvalue weighted by Gasteiger charge is 2.26. The zero-order valence-corrected chi connectivity index (χ0v) is 12.9. The van der Waals surface area contributed by atoms with Crippen LogP contribution in [0.3, 0.4) is 0 Å². The number of nitrogens with two attached hydrogens (primary N) is 1. The Bertz CT molecular complexity index is 521. The van der Waals surface area contributed by atoms with Crippen LogP contribution in [0.5, 0.6) is 0 Å². The molecule has 0 bridgehead atoms. The third-order valence-corrected chi connectivity index (χ3v) is 5.88. The maximum atomic E-state index is 12.4. The summed E-state index contributed by atoms with van der Waals surface area (Å²) in [6, 6.07) is 7.19. The maximum absolute atomic E-state index is 12.4. The highest BCUT2D eigenvalue weighted by atomic mass is 32.2. The summed E-state index contributed by atoms with van der Waals surface area (Å²) >= 11 is 0. The lowest BCUT2D eigenvalue weighted by Gasteiger charge is -2.29. The predicted molar refractivity (Wildman–Crippen MR) is 81.0 cm³/mol. The summed E-state index contributed by atoms with van der Waals surface area (Å²) < 4.78 is 26.4. The van der Waals surface area contributed by atoms with E-state index in [1.54, 1.807) is 19.2 Å². The van der Waals surface area contributed by atoms with E-state index in [9.17, 15) is 8.42 Å². The van der Waals surface area contributed by atoms with Crippen LogP contribution in [0.25, 0.3) is 0 Å². The molecule has 5 heteroatoms. The minimum atomic E-state index is -3.34. The van der Waals surface area contributed by atoms with Gasteiger partial charge >= 0.3 is 0 Å². The highest BCUT2D eigenvalue weighted by Crippen LogP contribution is 2.28. The summed E-state index contributed by atoms with van der Waals surface area (Å²) in [7, 11) is -1.66. The Kier molecular flexibility index (Phi) is 5.18. The Labute approximate surface area is 122 Å². The van der Waals surface area contributed by atoms with Crippen molar-refractivity contribution in [3.05, 3.63) is 29.8 Å². The zero-order chi connectivity index (χ0) is 14.6. The molecule has 1 saturated carbocycles. The van der Waals surface area contributed by atoms with E-state index in [2.05, 4.69) is 0 Å². The molecule has 1 aliphatic carbocycles. The number of rotatable bonds is 7. The molecule has 1 aliphatic rings. The summed E-state index contributed by atoms with van der Waals surface area (Å²) in [5.74, 6) is 0.540. The lowest BCUT2D eigenvalue weighted by molar-refractivity contribution is 0.263. The quantitative estimate of drug-likeness (QED) is 0.837. The molecule has 0 saturated heterocycles. The monoisotopic (exact) mass is 296 g/mol. The van der Waals surface area contributed by atoms with Gasteiger partial charge in [-0.25, -0.2) is 12.7 Å². The van der Waals surface area contributed by atoms with Crippen LogP contribution in [0.15, 0.2) is 29.2 Å². The van der Waals surface area contributed by atoms with Crippen molar-refractivity contribution in [1.82, 2.24) is 4.31 Å². The molecule has 0 aliphatic heterocycles. The van der Waals surface area contributed by atoms with Gasteiger partial charge in [-0.1, -0.05) is 18.6 Å². The van der Waals surface area contributed by atoms with E-state index >= 15 is 0 Å². The molecule has 20 heavy (non-hydrogen) atoms. The highest BCUT2D eigenvalue weighted by molar-refractivity contribution is 7.89. The molecule has 0 amide bonds. The van der Waals surface area contributed by atoms with E-state index in [4.69, 9.17) is 5.73 Å². The number of nitrogens with zero attached hydrogens (tertiary/aromatic N) is 1. The first-order valence-corrected chi connectivity index (χ1v) is 8.73. The molecule has 0 unspecified atom stereocenters. The Balaban J connectivity index is 2.04. The second-order valence-corrected chi connectivity index (χ2v) is 7.66. The number of benzene rings is 1. The topological polar surface area (TPSA) is 63.4 Å². The lowest BCUT2D eigenvalue weighted by atomic mass is 9.86. The molecule has 2 rings (SSSR count). The van der Waals surface area contributed by atoms with Crippen LogP contribution in [0.2, 0.25) is 0 Å². The van der Waals surface area contributed by atoms with Gasteiger partial charge in [0.25, 0.3) is 0 Å². The molecule has 1 aromatic carbocycles. The first-order chi connectivity index (χ1) is 9.54. The largest absolute Gasteiger partial charge is 0.330 e. The molecule has 0 atom stereocenters. The number of sulfonamides is 1. The van der Waals surface area contributed by atoms with Crippen molar-refractivity contribution in [2.24, 2.45) is 11.7 Å². The Hall–Kier alpha value is -0.910. The fourth-order valence-corrected chi connectivity index (χ4v) is 3.70. The van der Waals surface area contributed by atoms with E-state index in [1.165, 1.54) is 10.7 Å². The molecule has 0 radical (unpaired) electrons. The van der Waals surface area contributed by atoms with Crippen molar-refractivity contribution in [2.75, 3.05) is 20.1 Å². The van der Waals surface area contributed by atoms with Gasteiger partial charge in [-0.3, -0.25) is 0 Å². The molecule has 0 aromatic heterocycles. The predicted octanol–water partition coefficient (Wildman–Crippen LogP) is 2.00. The molecule has 0 heterocycles. The molecule has 4 nitrogen and oxygen atoms in total. The van der Waals surface area contributed by atoms with Crippen LogP contribution in [-0.4, -0.2) is 32.9 Å². The van der Waals surface area contributed by atoms with E-state index in [1.807, 2.05) is 12.1 Å². The normalized spacial score (nSPS) is 16.4. The van der Waals surface area contributed by atoms with Gasteiger partial charge in [-0.2, -0.15) is 0 Å². The van der Waals surface area contributed by atoms with Gasteiger partial charge in [0.2, 0.25) is 10.0 Å². The smallest absolute Gasteiger partial charge is 0.242 e. The molecule has 1 fully saturated rings. The third-order valence-electron chi connectivity index (χ3n) is 4.04. The van der Waals surface area contributed by atoms with Crippen molar-refractivity contribution in [3.8, 4) is 0 Å². The molecular weight excluding hydrogens is 272 g/mol. The van der Waals surface area contributed by atoms with Crippen LogP contribution in [0.1, 0.15) is 31.2 Å². The molecule has 1 aromatic rings. The van der Waals surface area contributed by atoms with Gasteiger partial charge in [-0.05, 0) is 55.8 Å². The Morgan fingerprint density at radius 1 is 1.25 bits per heavy atom.